The van der Waals surface area contributed by atoms with E-state index < -0.39 is 0 Å². The Morgan fingerprint density at radius 3 is 3.10 bits per heavy atom. The molecule has 2 fully saturated rings. The van der Waals surface area contributed by atoms with Crippen molar-refractivity contribution in [2.24, 2.45) is 5.92 Å². The summed E-state index contributed by atoms with van der Waals surface area (Å²) in [7, 11) is 0. The topological polar surface area (TPSA) is 100 Å². The Hall–Kier alpha value is -2.23. The van der Waals surface area contributed by atoms with Crippen molar-refractivity contribution >= 4 is 22.4 Å². The van der Waals surface area contributed by atoms with Gasteiger partial charge in [0.2, 0.25) is 5.13 Å². The number of ether oxygens (including phenoxy) is 1. The summed E-state index contributed by atoms with van der Waals surface area (Å²) in [5, 5.41) is 16.7. The maximum atomic E-state index is 11.8. The molecule has 3 unspecified atom stereocenters. The third kappa shape index (κ3) is 5.23. The summed E-state index contributed by atoms with van der Waals surface area (Å²) in [4.78, 5) is 11.8. The van der Waals surface area contributed by atoms with Gasteiger partial charge in [-0.2, -0.15) is 0 Å². The normalized spacial score (nSPS) is 23.6. The van der Waals surface area contributed by atoms with Gasteiger partial charge in [0, 0.05) is 30.2 Å². The predicted octanol–water partition coefficient (Wildman–Crippen LogP) is 2.17. The van der Waals surface area contributed by atoms with Gasteiger partial charge in [-0.25, -0.2) is 0 Å². The van der Waals surface area contributed by atoms with E-state index in [1.54, 1.807) is 11.3 Å². The number of aromatic nitrogens is 2. The van der Waals surface area contributed by atoms with Crippen LogP contribution in [0.1, 0.15) is 33.1 Å². The fourth-order valence-electron chi connectivity index (χ4n) is 3.94. The van der Waals surface area contributed by atoms with Crippen LogP contribution in [0, 0.1) is 5.92 Å². The quantitative estimate of drug-likeness (QED) is 0.549. The molecule has 1 aromatic heterocycles. The van der Waals surface area contributed by atoms with Gasteiger partial charge in [0.25, 0.3) is 5.91 Å². The zero-order valence-corrected chi connectivity index (χ0v) is 17.6. The van der Waals surface area contributed by atoms with Crippen LogP contribution in [0.25, 0.3) is 10.6 Å². The predicted molar refractivity (Wildman–Crippen MR) is 114 cm³/mol. The summed E-state index contributed by atoms with van der Waals surface area (Å²) >= 11 is 1.55. The molecule has 0 bridgehead atoms. The molecule has 2 aromatic rings. The average Bonchev–Trinajstić information content (AvgIpc) is 3.35. The molecule has 1 saturated heterocycles. The van der Waals surface area contributed by atoms with Crippen LogP contribution in [0.4, 0.5) is 5.13 Å². The summed E-state index contributed by atoms with van der Waals surface area (Å²) in [6.07, 6.45) is 3.44. The number of amides is 1. The van der Waals surface area contributed by atoms with Crippen molar-refractivity contribution in [3.8, 4) is 16.3 Å². The van der Waals surface area contributed by atoms with Gasteiger partial charge in [-0.1, -0.05) is 23.5 Å². The van der Waals surface area contributed by atoms with Crippen LogP contribution < -0.4 is 26.2 Å². The molecule has 0 spiro atoms. The monoisotopic (exact) mass is 416 g/mol. The molecule has 156 valence electrons. The second-order valence-corrected chi connectivity index (χ2v) is 8.97. The minimum atomic E-state index is -0.129. The van der Waals surface area contributed by atoms with Crippen LogP contribution in [0.5, 0.6) is 5.75 Å². The maximum absolute atomic E-state index is 11.8. The largest absolute Gasteiger partial charge is 0.484 e. The highest BCUT2D eigenvalue weighted by atomic mass is 32.1. The standard InChI is InChI=1S/C20H28N6O2S/c1-12(2)22-18(27)11-28-16-5-3-4-13(9-16)19-25-26-20(29-19)23-15-6-7-17-14(8-15)10-21-24-17/h3-5,9,12,14-15,17,21,24H,6-8,10-11H2,1-2H3,(H,22,27)(H,23,26). The van der Waals surface area contributed by atoms with Gasteiger partial charge >= 0.3 is 0 Å². The van der Waals surface area contributed by atoms with E-state index in [0.29, 0.717) is 23.8 Å². The van der Waals surface area contributed by atoms with Crippen LogP contribution in [-0.4, -0.2) is 47.4 Å². The third-order valence-corrected chi connectivity index (χ3v) is 6.19. The number of hydrazine groups is 1. The smallest absolute Gasteiger partial charge is 0.258 e. The highest BCUT2D eigenvalue weighted by molar-refractivity contribution is 7.18. The highest BCUT2D eigenvalue weighted by Crippen LogP contribution is 2.32. The summed E-state index contributed by atoms with van der Waals surface area (Å²) in [6, 6.07) is 8.76. The van der Waals surface area contributed by atoms with Gasteiger partial charge in [-0.05, 0) is 51.2 Å². The van der Waals surface area contributed by atoms with Gasteiger partial charge in [0.05, 0.1) is 0 Å². The van der Waals surface area contributed by atoms with Crippen molar-refractivity contribution in [1.82, 2.24) is 26.4 Å². The van der Waals surface area contributed by atoms with Gasteiger partial charge in [0.15, 0.2) is 6.61 Å². The number of anilines is 1. The summed E-state index contributed by atoms with van der Waals surface area (Å²) in [5.74, 6) is 1.19. The van der Waals surface area contributed by atoms with E-state index in [4.69, 9.17) is 4.74 Å². The first kappa shape index (κ1) is 20.1. The van der Waals surface area contributed by atoms with Gasteiger partial charge < -0.3 is 15.4 Å². The number of hydrogen-bond donors (Lipinski definition) is 4. The van der Waals surface area contributed by atoms with E-state index in [2.05, 4.69) is 31.7 Å². The maximum Gasteiger partial charge on any atom is 0.258 e. The van der Waals surface area contributed by atoms with Gasteiger partial charge in [-0.15, -0.1) is 10.2 Å². The lowest BCUT2D eigenvalue weighted by molar-refractivity contribution is -0.123. The number of fused-ring (bicyclic) bond motifs is 1. The molecule has 1 aliphatic carbocycles. The lowest BCUT2D eigenvalue weighted by Crippen LogP contribution is -2.39. The molecule has 2 heterocycles. The number of nitrogens with zero attached hydrogens (tertiary/aromatic N) is 2. The summed E-state index contributed by atoms with van der Waals surface area (Å²) in [5.41, 5.74) is 7.56. The molecule has 1 amide bonds. The molecule has 4 rings (SSSR count). The first-order valence-electron chi connectivity index (χ1n) is 10.2. The van der Waals surface area contributed by atoms with Crippen LogP contribution in [-0.2, 0) is 4.79 Å². The molecule has 8 nitrogen and oxygen atoms in total. The second kappa shape index (κ2) is 9.06. The second-order valence-electron chi connectivity index (χ2n) is 8.00. The van der Waals surface area contributed by atoms with Crippen LogP contribution in [0.2, 0.25) is 0 Å². The van der Waals surface area contributed by atoms with Crippen LogP contribution >= 0.6 is 11.3 Å². The number of carbonyl (C=O) groups is 1. The fraction of sp³-hybridized carbons (Fsp3) is 0.550. The molecule has 2 aliphatic rings. The Labute approximate surface area is 174 Å². The summed E-state index contributed by atoms with van der Waals surface area (Å²) < 4.78 is 5.62. The molecule has 0 radical (unpaired) electrons. The van der Waals surface area contributed by atoms with E-state index in [-0.39, 0.29) is 18.6 Å². The zero-order valence-electron chi connectivity index (χ0n) is 16.8. The number of rotatable bonds is 7. The molecule has 1 aromatic carbocycles. The Balaban J connectivity index is 1.34. The van der Waals surface area contributed by atoms with Crippen LogP contribution in [0.15, 0.2) is 24.3 Å². The fourth-order valence-corrected chi connectivity index (χ4v) is 4.75. The first-order valence-corrected chi connectivity index (χ1v) is 11.0. The average molecular weight is 417 g/mol. The Morgan fingerprint density at radius 1 is 1.34 bits per heavy atom. The van der Waals surface area contributed by atoms with Crippen molar-refractivity contribution in [2.75, 3.05) is 18.5 Å². The molecule has 1 saturated carbocycles. The van der Waals surface area contributed by atoms with Crippen molar-refractivity contribution in [3.63, 3.8) is 0 Å². The molecular formula is C20H28N6O2S. The van der Waals surface area contributed by atoms with Crippen LogP contribution in [0.3, 0.4) is 0 Å². The number of nitrogens with one attached hydrogen (secondary N) is 4. The SMILES string of the molecule is CC(C)NC(=O)COc1cccc(-c2nnc(NC3CCC4NNCC4C3)s2)c1. The Kier molecular flexibility index (Phi) is 6.27. The minimum Gasteiger partial charge on any atom is -0.484 e. The highest BCUT2D eigenvalue weighted by Gasteiger charge is 2.34. The number of hydrogen-bond acceptors (Lipinski definition) is 8. The van der Waals surface area contributed by atoms with E-state index in [9.17, 15) is 4.79 Å². The molecule has 4 N–H and O–H groups in total. The number of benzene rings is 1. The molecule has 1 aliphatic heterocycles. The third-order valence-electron chi connectivity index (χ3n) is 5.29. The van der Waals surface area contributed by atoms with E-state index >= 15 is 0 Å². The molecule has 9 heteroatoms. The summed E-state index contributed by atoms with van der Waals surface area (Å²) in [6.45, 7) is 4.88. The van der Waals surface area contributed by atoms with E-state index in [1.165, 1.54) is 6.42 Å². The van der Waals surface area contributed by atoms with Gasteiger partial charge in [-0.3, -0.25) is 15.6 Å². The first-order chi connectivity index (χ1) is 14.1. The van der Waals surface area contributed by atoms with E-state index in [0.717, 1.165) is 35.1 Å². The van der Waals surface area contributed by atoms with Crippen molar-refractivity contribution < 1.29 is 9.53 Å². The van der Waals surface area contributed by atoms with Crippen molar-refractivity contribution in [3.05, 3.63) is 24.3 Å². The van der Waals surface area contributed by atoms with E-state index in [1.807, 2.05) is 38.1 Å². The minimum absolute atomic E-state index is 0.00187. The molecule has 3 atom stereocenters. The van der Waals surface area contributed by atoms with Gasteiger partial charge in [0.1, 0.15) is 10.8 Å². The number of carbonyl (C=O) groups excluding carboxylic acids is 1. The Morgan fingerprint density at radius 2 is 2.24 bits per heavy atom. The molecular weight excluding hydrogens is 388 g/mol. The molecule has 29 heavy (non-hydrogen) atoms. The Bertz CT molecular complexity index is 842. The van der Waals surface area contributed by atoms with Crippen molar-refractivity contribution in [2.45, 2.75) is 51.2 Å². The lowest BCUT2D eigenvalue weighted by atomic mass is 9.83. The zero-order chi connectivity index (χ0) is 20.2. The van der Waals surface area contributed by atoms with Crippen molar-refractivity contribution in [1.29, 1.82) is 0 Å². The lowest BCUT2D eigenvalue weighted by Gasteiger charge is -2.30.